The zero-order chi connectivity index (χ0) is 9.19. The predicted octanol–water partition coefficient (Wildman–Crippen LogP) is 0.770. The third kappa shape index (κ3) is 1.78. The van der Waals surface area contributed by atoms with Crippen LogP contribution in [0.25, 0.3) is 0 Å². The van der Waals surface area contributed by atoms with Crippen molar-refractivity contribution >= 4 is 5.91 Å². The number of carbonyl (C=O) groups excluding carboxylic acids is 1. The van der Waals surface area contributed by atoms with Gasteiger partial charge in [0.25, 0.3) is 0 Å². The average molecular weight is 171 g/mol. The third-order valence-electron chi connectivity index (χ3n) is 2.45. The van der Waals surface area contributed by atoms with Crippen molar-refractivity contribution in [3.63, 3.8) is 0 Å². The molecular weight excluding hydrogens is 154 g/mol. The van der Waals surface area contributed by atoms with E-state index in [9.17, 15) is 9.90 Å². The molecule has 0 bridgehead atoms. The van der Waals surface area contributed by atoms with Crippen LogP contribution < -0.4 is 0 Å². The highest BCUT2D eigenvalue weighted by Gasteiger charge is 2.41. The lowest BCUT2D eigenvalue weighted by Crippen LogP contribution is -2.63. The largest absolute Gasteiger partial charge is 0.386 e. The van der Waals surface area contributed by atoms with E-state index in [-0.39, 0.29) is 5.91 Å². The molecule has 1 heterocycles. The fourth-order valence-corrected chi connectivity index (χ4v) is 1.44. The highest BCUT2D eigenvalue weighted by atomic mass is 16.3. The number of β-amino-alcohol motifs (C(OH)–C–C–N with tert-alkyl or cyclic N) is 1. The van der Waals surface area contributed by atoms with Crippen LogP contribution in [0.3, 0.4) is 0 Å². The Morgan fingerprint density at radius 2 is 2.08 bits per heavy atom. The first-order valence-electron chi connectivity index (χ1n) is 4.61. The maximum absolute atomic E-state index is 11.2. The number of likely N-dealkylation sites (tertiary alicyclic amines) is 1. The number of carbonyl (C=O) groups is 1. The van der Waals surface area contributed by atoms with E-state index >= 15 is 0 Å². The summed E-state index contributed by atoms with van der Waals surface area (Å²) in [5, 5.41) is 9.61. The fourth-order valence-electron chi connectivity index (χ4n) is 1.44. The zero-order valence-electron chi connectivity index (χ0n) is 7.84. The Labute approximate surface area is 73.4 Å². The predicted molar refractivity (Wildman–Crippen MR) is 46.7 cm³/mol. The van der Waals surface area contributed by atoms with Crippen LogP contribution in [0, 0.1) is 0 Å². The van der Waals surface area contributed by atoms with Crippen molar-refractivity contribution in [3.8, 4) is 0 Å². The zero-order valence-corrected chi connectivity index (χ0v) is 7.84. The van der Waals surface area contributed by atoms with Crippen molar-refractivity contribution in [2.24, 2.45) is 0 Å². The van der Waals surface area contributed by atoms with Gasteiger partial charge in [0, 0.05) is 6.42 Å². The molecule has 0 spiro atoms. The molecule has 1 rings (SSSR count). The molecule has 0 radical (unpaired) electrons. The summed E-state index contributed by atoms with van der Waals surface area (Å²) in [5.74, 6) is 0.177. The molecule has 1 saturated heterocycles. The molecule has 1 aliphatic heterocycles. The van der Waals surface area contributed by atoms with Crippen molar-refractivity contribution in [3.05, 3.63) is 0 Å². The SMILES string of the molecule is CCCC(=O)N1CC(O)(CC)C1. The van der Waals surface area contributed by atoms with Gasteiger partial charge in [-0.2, -0.15) is 0 Å². The summed E-state index contributed by atoms with van der Waals surface area (Å²) in [6, 6.07) is 0. The van der Waals surface area contributed by atoms with E-state index in [2.05, 4.69) is 0 Å². The van der Waals surface area contributed by atoms with Crippen LogP contribution in [0.15, 0.2) is 0 Å². The summed E-state index contributed by atoms with van der Waals surface area (Å²) in [4.78, 5) is 13.0. The molecule has 1 N–H and O–H groups in total. The van der Waals surface area contributed by atoms with E-state index in [0.29, 0.717) is 19.5 Å². The molecule has 0 aliphatic carbocycles. The number of hydrogen-bond acceptors (Lipinski definition) is 2. The molecule has 3 nitrogen and oxygen atoms in total. The quantitative estimate of drug-likeness (QED) is 0.681. The third-order valence-corrected chi connectivity index (χ3v) is 2.45. The smallest absolute Gasteiger partial charge is 0.222 e. The van der Waals surface area contributed by atoms with Crippen LogP contribution in [-0.4, -0.2) is 34.6 Å². The maximum Gasteiger partial charge on any atom is 0.222 e. The number of nitrogens with zero attached hydrogens (tertiary/aromatic N) is 1. The van der Waals surface area contributed by atoms with Crippen LogP contribution in [0.2, 0.25) is 0 Å². The highest BCUT2D eigenvalue weighted by Crippen LogP contribution is 2.24. The van der Waals surface area contributed by atoms with E-state index in [1.54, 1.807) is 4.90 Å². The lowest BCUT2D eigenvalue weighted by Gasteiger charge is -2.46. The van der Waals surface area contributed by atoms with Crippen molar-refractivity contribution in [1.29, 1.82) is 0 Å². The Balaban J connectivity index is 2.29. The van der Waals surface area contributed by atoms with E-state index in [1.807, 2.05) is 13.8 Å². The first-order valence-corrected chi connectivity index (χ1v) is 4.61. The Kier molecular flexibility index (Phi) is 2.73. The van der Waals surface area contributed by atoms with Gasteiger partial charge in [-0.05, 0) is 12.8 Å². The van der Waals surface area contributed by atoms with Gasteiger partial charge in [0.1, 0.15) is 0 Å². The Morgan fingerprint density at radius 1 is 1.50 bits per heavy atom. The summed E-state index contributed by atoms with van der Waals surface area (Å²) in [6.07, 6.45) is 2.24. The molecule has 0 aromatic carbocycles. The molecule has 1 amide bonds. The number of aliphatic hydroxyl groups is 1. The van der Waals surface area contributed by atoms with Crippen LogP contribution in [0.4, 0.5) is 0 Å². The summed E-state index contributed by atoms with van der Waals surface area (Å²) in [7, 11) is 0. The molecule has 0 unspecified atom stereocenters. The van der Waals surface area contributed by atoms with Crippen LogP contribution in [-0.2, 0) is 4.79 Å². The van der Waals surface area contributed by atoms with E-state index in [4.69, 9.17) is 0 Å². The maximum atomic E-state index is 11.2. The van der Waals surface area contributed by atoms with Gasteiger partial charge >= 0.3 is 0 Å². The molecule has 0 aromatic heterocycles. The molecule has 70 valence electrons. The van der Waals surface area contributed by atoms with Gasteiger partial charge in [0.05, 0.1) is 18.7 Å². The van der Waals surface area contributed by atoms with Gasteiger partial charge in [-0.3, -0.25) is 4.79 Å². The summed E-state index contributed by atoms with van der Waals surface area (Å²) in [6.45, 7) is 5.00. The van der Waals surface area contributed by atoms with Gasteiger partial charge < -0.3 is 10.0 Å². The number of hydrogen-bond donors (Lipinski definition) is 1. The van der Waals surface area contributed by atoms with Crippen molar-refractivity contribution in [2.75, 3.05) is 13.1 Å². The number of rotatable bonds is 3. The van der Waals surface area contributed by atoms with Gasteiger partial charge in [-0.1, -0.05) is 13.8 Å². The molecule has 0 atom stereocenters. The van der Waals surface area contributed by atoms with Gasteiger partial charge in [-0.15, -0.1) is 0 Å². The fraction of sp³-hybridized carbons (Fsp3) is 0.889. The first kappa shape index (κ1) is 9.52. The average Bonchev–Trinajstić information content (AvgIpc) is 1.99. The Hall–Kier alpha value is -0.570. The molecule has 1 aliphatic rings. The monoisotopic (exact) mass is 171 g/mol. The van der Waals surface area contributed by atoms with Crippen molar-refractivity contribution in [2.45, 2.75) is 38.7 Å². The lowest BCUT2D eigenvalue weighted by molar-refractivity contribution is -0.155. The second-order valence-corrected chi connectivity index (χ2v) is 3.58. The molecular formula is C9H17NO2. The van der Waals surface area contributed by atoms with Gasteiger partial charge in [-0.25, -0.2) is 0 Å². The summed E-state index contributed by atoms with van der Waals surface area (Å²) >= 11 is 0. The minimum atomic E-state index is -0.580. The Morgan fingerprint density at radius 3 is 2.50 bits per heavy atom. The summed E-state index contributed by atoms with van der Waals surface area (Å²) in [5.41, 5.74) is -0.580. The van der Waals surface area contributed by atoms with Crippen LogP contribution in [0.5, 0.6) is 0 Å². The lowest BCUT2D eigenvalue weighted by atomic mass is 9.91. The second-order valence-electron chi connectivity index (χ2n) is 3.58. The molecule has 0 aromatic rings. The normalized spacial score (nSPS) is 20.4. The minimum Gasteiger partial charge on any atom is -0.386 e. The standard InChI is InChI=1S/C9H17NO2/c1-3-5-8(11)10-6-9(12,4-2)7-10/h12H,3-7H2,1-2H3. The Bertz CT molecular complexity index is 173. The van der Waals surface area contributed by atoms with Crippen molar-refractivity contribution in [1.82, 2.24) is 4.90 Å². The molecule has 3 heteroatoms. The number of amides is 1. The topological polar surface area (TPSA) is 40.5 Å². The first-order chi connectivity index (χ1) is 5.61. The van der Waals surface area contributed by atoms with E-state index in [0.717, 1.165) is 12.8 Å². The van der Waals surface area contributed by atoms with Gasteiger partial charge in [0.2, 0.25) is 5.91 Å². The van der Waals surface area contributed by atoms with Gasteiger partial charge in [0.15, 0.2) is 0 Å². The van der Waals surface area contributed by atoms with Crippen molar-refractivity contribution < 1.29 is 9.90 Å². The van der Waals surface area contributed by atoms with E-state index in [1.165, 1.54) is 0 Å². The molecule has 0 saturated carbocycles. The minimum absolute atomic E-state index is 0.177. The highest BCUT2D eigenvalue weighted by molar-refractivity contribution is 5.77. The van der Waals surface area contributed by atoms with Crippen LogP contribution in [0.1, 0.15) is 33.1 Å². The second kappa shape index (κ2) is 3.44. The summed E-state index contributed by atoms with van der Waals surface area (Å²) < 4.78 is 0. The van der Waals surface area contributed by atoms with Crippen LogP contribution >= 0.6 is 0 Å². The molecule has 12 heavy (non-hydrogen) atoms. The van der Waals surface area contributed by atoms with E-state index < -0.39 is 5.60 Å². The molecule has 1 fully saturated rings.